The molecule has 18 heavy (non-hydrogen) atoms. The third-order valence-corrected chi connectivity index (χ3v) is 3.09. The number of amides is 1. The summed E-state index contributed by atoms with van der Waals surface area (Å²) in [7, 11) is 0. The highest BCUT2D eigenvalue weighted by atomic mass is 35.5. The summed E-state index contributed by atoms with van der Waals surface area (Å²) < 4.78 is 5.55. The van der Waals surface area contributed by atoms with Gasteiger partial charge in [0, 0.05) is 19.2 Å². The Morgan fingerprint density at radius 1 is 1.44 bits per heavy atom. The second-order valence-electron chi connectivity index (χ2n) is 5.32. The zero-order valence-corrected chi connectivity index (χ0v) is 12.3. The lowest BCUT2D eigenvalue weighted by molar-refractivity contribution is -0.125. The van der Waals surface area contributed by atoms with E-state index in [9.17, 15) is 4.79 Å². The predicted molar refractivity (Wildman–Crippen MR) is 75.9 cm³/mol. The zero-order valence-electron chi connectivity index (χ0n) is 11.5. The average Bonchev–Trinajstić information content (AvgIpc) is 2.28. The SMILES string of the molecule is CC(C)CC(CN)NC(=O)CC1CCCCO1.Cl. The lowest BCUT2D eigenvalue weighted by atomic mass is 10.0. The monoisotopic (exact) mass is 278 g/mol. The molecule has 0 aromatic heterocycles. The molecular weight excluding hydrogens is 252 g/mol. The number of nitrogens with two attached hydrogens (primary N) is 1. The fraction of sp³-hybridized carbons (Fsp3) is 0.923. The van der Waals surface area contributed by atoms with E-state index >= 15 is 0 Å². The Morgan fingerprint density at radius 2 is 2.17 bits per heavy atom. The van der Waals surface area contributed by atoms with Crippen LogP contribution in [0.3, 0.4) is 0 Å². The third kappa shape index (κ3) is 7.19. The van der Waals surface area contributed by atoms with E-state index in [1.165, 1.54) is 6.42 Å². The molecule has 0 spiro atoms. The Bertz CT molecular complexity index is 231. The van der Waals surface area contributed by atoms with E-state index < -0.39 is 0 Å². The Balaban J connectivity index is 0.00000289. The van der Waals surface area contributed by atoms with Crippen LogP contribution in [0, 0.1) is 5.92 Å². The Labute approximate surface area is 116 Å². The molecule has 0 radical (unpaired) electrons. The molecule has 0 aromatic rings. The van der Waals surface area contributed by atoms with Crippen LogP contribution in [0.25, 0.3) is 0 Å². The second-order valence-corrected chi connectivity index (χ2v) is 5.32. The number of carbonyl (C=O) groups is 1. The van der Waals surface area contributed by atoms with E-state index in [0.29, 0.717) is 18.9 Å². The lowest BCUT2D eigenvalue weighted by Gasteiger charge is -2.24. The van der Waals surface area contributed by atoms with Crippen LogP contribution < -0.4 is 11.1 Å². The van der Waals surface area contributed by atoms with Crippen LogP contribution >= 0.6 is 12.4 Å². The fourth-order valence-corrected chi connectivity index (χ4v) is 2.24. The van der Waals surface area contributed by atoms with Gasteiger partial charge in [-0.25, -0.2) is 0 Å². The quantitative estimate of drug-likeness (QED) is 0.779. The van der Waals surface area contributed by atoms with Crippen molar-refractivity contribution in [2.24, 2.45) is 11.7 Å². The average molecular weight is 279 g/mol. The molecule has 5 heteroatoms. The maximum absolute atomic E-state index is 11.8. The maximum Gasteiger partial charge on any atom is 0.222 e. The van der Waals surface area contributed by atoms with Gasteiger partial charge in [-0.05, 0) is 31.6 Å². The molecule has 0 bridgehead atoms. The highest BCUT2D eigenvalue weighted by Crippen LogP contribution is 2.15. The minimum absolute atomic E-state index is 0. The first-order valence-corrected chi connectivity index (χ1v) is 6.72. The molecule has 4 nitrogen and oxygen atoms in total. The van der Waals surface area contributed by atoms with Gasteiger partial charge in [-0.1, -0.05) is 13.8 Å². The molecule has 0 aliphatic carbocycles. The van der Waals surface area contributed by atoms with Crippen LogP contribution in [0.2, 0.25) is 0 Å². The Morgan fingerprint density at radius 3 is 2.67 bits per heavy atom. The number of hydrogen-bond acceptors (Lipinski definition) is 3. The molecule has 2 atom stereocenters. The number of hydrogen-bond donors (Lipinski definition) is 2. The van der Waals surface area contributed by atoms with E-state index in [0.717, 1.165) is 25.9 Å². The second kappa shape index (κ2) is 9.59. The van der Waals surface area contributed by atoms with Crippen molar-refractivity contribution in [2.45, 2.75) is 58.1 Å². The van der Waals surface area contributed by atoms with Crippen molar-refractivity contribution in [2.75, 3.05) is 13.2 Å². The zero-order chi connectivity index (χ0) is 12.7. The maximum atomic E-state index is 11.8. The largest absolute Gasteiger partial charge is 0.378 e. The van der Waals surface area contributed by atoms with Crippen LogP contribution in [0.1, 0.15) is 46.0 Å². The molecule has 1 aliphatic rings. The summed E-state index contributed by atoms with van der Waals surface area (Å²) in [5.74, 6) is 0.628. The molecule has 1 heterocycles. The first kappa shape index (κ1) is 17.7. The summed E-state index contributed by atoms with van der Waals surface area (Å²) in [5.41, 5.74) is 5.66. The highest BCUT2D eigenvalue weighted by molar-refractivity contribution is 5.85. The summed E-state index contributed by atoms with van der Waals surface area (Å²) >= 11 is 0. The summed E-state index contributed by atoms with van der Waals surface area (Å²) in [5, 5.41) is 3.00. The van der Waals surface area contributed by atoms with E-state index in [-0.39, 0.29) is 30.5 Å². The minimum atomic E-state index is 0. The highest BCUT2D eigenvalue weighted by Gasteiger charge is 2.19. The van der Waals surface area contributed by atoms with Gasteiger partial charge in [0.1, 0.15) is 0 Å². The standard InChI is InChI=1S/C13H26N2O2.ClH/c1-10(2)7-11(9-14)15-13(16)8-12-5-3-4-6-17-12;/h10-12H,3-9,14H2,1-2H3,(H,15,16);1H. The van der Waals surface area contributed by atoms with Crippen LogP contribution in [-0.2, 0) is 9.53 Å². The van der Waals surface area contributed by atoms with Crippen molar-refractivity contribution in [3.05, 3.63) is 0 Å². The fourth-order valence-electron chi connectivity index (χ4n) is 2.24. The first-order chi connectivity index (χ1) is 8.11. The molecule has 1 fully saturated rings. The van der Waals surface area contributed by atoms with Gasteiger partial charge in [0.15, 0.2) is 0 Å². The molecule has 108 valence electrons. The molecule has 1 saturated heterocycles. The molecule has 1 amide bonds. The number of nitrogens with one attached hydrogen (secondary N) is 1. The number of carbonyl (C=O) groups excluding carboxylic acids is 1. The van der Waals surface area contributed by atoms with Gasteiger partial charge in [-0.15, -0.1) is 12.4 Å². The summed E-state index contributed by atoms with van der Waals surface area (Å²) in [6.07, 6.45) is 4.83. The van der Waals surface area contributed by atoms with Crippen molar-refractivity contribution in [3.8, 4) is 0 Å². The van der Waals surface area contributed by atoms with Crippen LogP contribution in [0.15, 0.2) is 0 Å². The molecule has 2 unspecified atom stereocenters. The van der Waals surface area contributed by atoms with Gasteiger partial charge in [0.2, 0.25) is 5.91 Å². The van der Waals surface area contributed by atoms with Gasteiger partial charge in [-0.2, -0.15) is 0 Å². The van der Waals surface area contributed by atoms with Crippen molar-refractivity contribution in [1.29, 1.82) is 0 Å². The van der Waals surface area contributed by atoms with E-state index in [1.54, 1.807) is 0 Å². The van der Waals surface area contributed by atoms with E-state index in [2.05, 4.69) is 19.2 Å². The smallest absolute Gasteiger partial charge is 0.222 e. The van der Waals surface area contributed by atoms with Gasteiger partial charge in [0.25, 0.3) is 0 Å². The Hall–Kier alpha value is -0.320. The van der Waals surface area contributed by atoms with Gasteiger partial charge in [-0.3, -0.25) is 4.79 Å². The van der Waals surface area contributed by atoms with Gasteiger partial charge < -0.3 is 15.8 Å². The number of ether oxygens (including phenoxy) is 1. The van der Waals surface area contributed by atoms with E-state index in [4.69, 9.17) is 10.5 Å². The number of halogens is 1. The molecule has 3 N–H and O–H groups in total. The van der Waals surface area contributed by atoms with Crippen molar-refractivity contribution >= 4 is 18.3 Å². The topological polar surface area (TPSA) is 64.3 Å². The number of rotatable bonds is 6. The summed E-state index contributed by atoms with van der Waals surface area (Å²) in [6, 6.07) is 0.103. The lowest BCUT2D eigenvalue weighted by Crippen LogP contribution is -2.42. The first-order valence-electron chi connectivity index (χ1n) is 6.72. The van der Waals surface area contributed by atoms with Crippen molar-refractivity contribution in [3.63, 3.8) is 0 Å². The predicted octanol–water partition coefficient (Wildman–Crippen LogP) is 1.86. The molecule has 1 aliphatic heterocycles. The van der Waals surface area contributed by atoms with E-state index in [1.807, 2.05) is 0 Å². The minimum Gasteiger partial charge on any atom is -0.378 e. The summed E-state index contributed by atoms with van der Waals surface area (Å²) in [6.45, 7) is 5.58. The van der Waals surface area contributed by atoms with Crippen LogP contribution in [0.5, 0.6) is 0 Å². The van der Waals surface area contributed by atoms with Crippen molar-refractivity contribution < 1.29 is 9.53 Å². The summed E-state index contributed by atoms with van der Waals surface area (Å²) in [4.78, 5) is 11.8. The van der Waals surface area contributed by atoms with Crippen LogP contribution in [0.4, 0.5) is 0 Å². The van der Waals surface area contributed by atoms with Crippen molar-refractivity contribution in [1.82, 2.24) is 5.32 Å². The molecular formula is C13H27ClN2O2. The Kier molecular flexibility index (Phi) is 9.42. The third-order valence-electron chi connectivity index (χ3n) is 3.09. The molecule has 0 saturated carbocycles. The normalized spacial score (nSPS) is 21.2. The van der Waals surface area contributed by atoms with Gasteiger partial charge in [0.05, 0.1) is 12.5 Å². The molecule has 0 aromatic carbocycles. The van der Waals surface area contributed by atoms with Gasteiger partial charge >= 0.3 is 0 Å². The van der Waals surface area contributed by atoms with Crippen LogP contribution in [-0.4, -0.2) is 31.2 Å². The molecule has 1 rings (SSSR count).